The summed E-state index contributed by atoms with van der Waals surface area (Å²) in [5, 5.41) is 6.18. The molecule has 0 radical (unpaired) electrons. The lowest BCUT2D eigenvalue weighted by atomic mass is 10.0. The highest BCUT2D eigenvalue weighted by atomic mass is 16.5. The molecule has 5 nitrogen and oxygen atoms in total. The molecule has 21 heavy (non-hydrogen) atoms. The Morgan fingerprint density at radius 3 is 2.67 bits per heavy atom. The molecule has 1 heterocycles. The number of carbonyl (C=O) groups is 1. The van der Waals surface area contributed by atoms with Crippen LogP contribution in [-0.2, 0) is 4.79 Å². The van der Waals surface area contributed by atoms with Gasteiger partial charge in [-0.2, -0.15) is 0 Å². The highest BCUT2D eigenvalue weighted by molar-refractivity contribution is 5.81. The summed E-state index contributed by atoms with van der Waals surface area (Å²) in [6.07, 6.45) is 3.11. The topological polar surface area (TPSA) is 59.6 Å². The predicted octanol–water partition coefficient (Wildman–Crippen LogP) is 1.72. The highest BCUT2D eigenvalue weighted by Gasteiger charge is 2.20. The Morgan fingerprint density at radius 2 is 2.05 bits per heavy atom. The third kappa shape index (κ3) is 4.93. The van der Waals surface area contributed by atoms with Crippen LogP contribution in [0.15, 0.2) is 24.3 Å². The van der Waals surface area contributed by atoms with E-state index in [4.69, 9.17) is 9.47 Å². The number of hydrogen-bond acceptors (Lipinski definition) is 4. The van der Waals surface area contributed by atoms with Crippen LogP contribution in [0, 0.1) is 0 Å². The molecule has 1 amide bonds. The fourth-order valence-electron chi connectivity index (χ4n) is 2.37. The zero-order valence-electron chi connectivity index (χ0n) is 12.7. The Morgan fingerprint density at radius 1 is 1.33 bits per heavy atom. The first-order valence-electron chi connectivity index (χ1n) is 7.51. The lowest BCUT2D eigenvalue weighted by Crippen LogP contribution is -2.48. The lowest BCUT2D eigenvalue weighted by Gasteiger charge is -2.23. The van der Waals surface area contributed by atoms with Crippen molar-refractivity contribution in [1.29, 1.82) is 0 Å². The number of carbonyl (C=O) groups excluding carboxylic acids is 1. The molecule has 1 aromatic carbocycles. The van der Waals surface area contributed by atoms with Gasteiger partial charge in [-0.3, -0.25) is 4.79 Å². The molecule has 0 bridgehead atoms. The van der Waals surface area contributed by atoms with Crippen molar-refractivity contribution in [1.82, 2.24) is 10.6 Å². The van der Waals surface area contributed by atoms with Crippen LogP contribution in [0.1, 0.15) is 26.2 Å². The molecule has 0 saturated carbocycles. The van der Waals surface area contributed by atoms with Gasteiger partial charge in [-0.1, -0.05) is 6.42 Å². The Kier molecular flexibility index (Phi) is 5.87. The fourth-order valence-corrected chi connectivity index (χ4v) is 2.37. The monoisotopic (exact) mass is 292 g/mol. The number of benzene rings is 1. The number of nitrogens with one attached hydrogen (secondary N) is 2. The molecule has 1 aliphatic rings. The van der Waals surface area contributed by atoms with Gasteiger partial charge in [0.05, 0.1) is 19.7 Å². The number of amides is 1. The second-order valence-corrected chi connectivity index (χ2v) is 5.35. The van der Waals surface area contributed by atoms with E-state index < -0.39 is 0 Å². The van der Waals surface area contributed by atoms with E-state index in [1.165, 1.54) is 0 Å². The van der Waals surface area contributed by atoms with Gasteiger partial charge in [-0.05, 0) is 50.6 Å². The Balaban J connectivity index is 1.73. The summed E-state index contributed by atoms with van der Waals surface area (Å²) >= 11 is 0. The van der Waals surface area contributed by atoms with Crippen LogP contribution in [-0.4, -0.2) is 38.3 Å². The van der Waals surface area contributed by atoms with Gasteiger partial charge < -0.3 is 20.1 Å². The van der Waals surface area contributed by atoms with E-state index in [9.17, 15) is 4.79 Å². The van der Waals surface area contributed by atoms with E-state index in [-0.39, 0.29) is 18.1 Å². The first kappa shape index (κ1) is 15.6. The fraction of sp³-hybridized carbons (Fsp3) is 0.562. The van der Waals surface area contributed by atoms with Crippen LogP contribution in [0.3, 0.4) is 0 Å². The molecule has 5 heteroatoms. The SMILES string of the molecule is COc1ccc(OC(C)CNC(=O)C2CCCCN2)cc1. The van der Waals surface area contributed by atoms with Crippen LogP contribution in [0.2, 0.25) is 0 Å². The zero-order valence-corrected chi connectivity index (χ0v) is 12.7. The molecule has 116 valence electrons. The first-order chi connectivity index (χ1) is 10.2. The van der Waals surface area contributed by atoms with Crippen molar-refractivity contribution in [2.24, 2.45) is 0 Å². The summed E-state index contributed by atoms with van der Waals surface area (Å²) in [6, 6.07) is 7.38. The molecule has 2 rings (SSSR count). The Hall–Kier alpha value is -1.75. The maximum absolute atomic E-state index is 12.0. The van der Waals surface area contributed by atoms with Gasteiger partial charge in [0, 0.05) is 0 Å². The Labute approximate surface area is 126 Å². The first-order valence-corrected chi connectivity index (χ1v) is 7.51. The molecule has 0 aliphatic carbocycles. The maximum atomic E-state index is 12.0. The van der Waals surface area contributed by atoms with Crippen LogP contribution in [0.5, 0.6) is 11.5 Å². The van der Waals surface area contributed by atoms with Crippen LogP contribution in [0.25, 0.3) is 0 Å². The van der Waals surface area contributed by atoms with Gasteiger partial charge in [0.15, 0.2) is 0 Å². The van der Waals surface area contributed by atoms with Crippen molar-refractivity contribution in [3.05, 3.63) is 24.3 Å². The molecule has 0 aromatic heterocycles. The van der Waals surface area contributed by atoms with Gasteiger partial charge in [-0.15, -0.1) is 0 Å². The normalized spacial score (nSPS) is 19.6. The molecule has 1 saturated heterocycles. The molecule has 1 aliphatic heterocycles. The van der Waals surface area contributed by atoms with Gasteiger partial charge >= 0.3 is 0 Å². The number of methoxy groups -OCH3 is 1. The Bertz CT molecular complexity index is 441. The summed E-state index contributed by atoms with van der Waals surface area (Å²) < 4.78 is 10.9. The number of piperidine rings is 1. The van der Waals surface area contributed by atoms with Crippen LogP contribution < -0.4 is 20.1 Å². The second kappa shape index (κ2) is 7.88. The van der Waals surface area contributed by atoms with Crippen molar-refractivity contribution < 1.29 is 14.3 Å². The quantitative estimate of drug-likeness (QED) is 0.838. The van der Waals surface area contributed by atoms with E-state index in [0.29, 0.717) is 6.54 Å². The number of rotatable bonds is 6. The number of ether oxygens (including phenoxy) is 2. The summed E-state index contributed by atoms with van der Waals surface area (Å²) in [5.74, 6) is 1.64. The molecule has 1 aromatic rings. The van der Waals surface area contributed by atoms with Crippen molar-refractivity contribution in [2.75, 3.05) is 20.2 Å². The highest BCUT2D eigenvalue weighted by Crippen LogP contribution is 2.18. The van der Waals surface area contributed by atoms with Crippen molar-refractivity contribution in [3.8, 4) is 11.5 Å². The zero-order chi connectivity index (χ0) is 15.1. The minimum absolute atomic E-state index is 0.0491. The maximum Gasteiger partial charge on any atom is 0.237 e. The third-order valence-electron chi connectivity index (χ3n) is 3.59. The minimum atomic E-state index is -0.0778. The summed E-state index contributed by atoms with van der Waals surface area (Å²) in [5.41, 5.74) is 0. The molecule has 2 atom stereocenters. The smallest absolute Gasteiger partial charge is 0.237 e. The second-order valence-electron chi connectivity index (χ2n) is 5.35. The summed E-state index contributed by atoms with van der Waals surface area (Å²) in [6.45, 7) is 3.37. The van der Waals surface area contributed by atoms with Crippen molar-refractivity contribution in [2.45, 2.75) is 38.3 Å². The number of hydrogen-bond donors (Lipinski definition) is 2. The molecule has 2 N–H and O–H groups in total. The van der Waals surface area contributed by atoms with Gasteiger partial charge in [0.2, 0.25) is 5.91 Å². The van der Waals surface area contributed by atoms with Crippen LogP contribution >= 0.6 is 0 Å². The standard InChI is InChI=1S/C16H24N2O3/c1-12(21-14-8-6-13(20-2)7-9-14)11-18-16(19)15-5-3-4-10-17-15/h6-9,12,15,17H,3-5,10-11H2,1-2H3,(H,18,19). The average Bonchev–Trinajstić information content (AvgIpc) is 2.54. The summed E-state index contributed by atoms with van der Waals surface area (Å²) in [4.78, 5) is 12.0. The largest absolute Gasteiger partial charge is 0.497 e. The van der Waals surface area contributed by atoms with Crippen molar-refractivity contribution in [3.63, 3.8) is 0 Å². The minimum Gasteiger partial charge on any atom is -0.497 e. The van der Waals surface area contributed by atoms with Gasteiger partial charge in [0.1, 0.15) is 17.6 Å². The summed E-state index contributed by atoms with van der Waals surface area (Å²) in [7, 11) is 1.63. The average molecular weight is 292 g/mol. The third-order valence-corrected chi connectivity index (χ3v) is 3.59. The molecule has 0 spiro atoms. The molecule has 2 unspecified atom stereocenters. The lowest BCUT2D eigenvalue weighted by molar-refractivity contribution is -0.124. The van der Waals surface area contributed by atoms with E-state index in [1.807, 2.05) is 31.2 Å². The van der Waals surface area contributed by atoms with Crippen molar-refractivity contribution >= 4 is 5.91 Å². The van der Waals surface area contributed by atoms with Gasteiger partial charge in [-0.25, -0.2) is 0 Å². The van der Waals surface area contributed by atoms with Gasteiger partial charge in [0.25, 0.3) is 0 Å². The van der Waals surface area contributed by atoms with E-state index >= 15 is 0 Å². The van der Waals surface area contributed by atoms with E-state index in [2.05, 4.69) is 10.6 Å². The molecular formula is C16H24N2O3. The molecule has 1 fully saturated rings. The van der Waals surface area contributed by atoms with E-state index in [0.717, 1.165) is 37.3 Å². The predicted molar refractivity (Wildman–Crippen MR) is 81.7 cm³/mol. The van der Waals surface area contributed by atoms with E-state index in [1.54, 1.807) is 7.11 Å². The van der Waals surface area contributed by atoms with Crippen LogP contribution in [0.4, 0.5) is 0 Å². The molecular weight excluding hydrogens is 268 g/mol.